The lowest BCUT2D eigenvalue weighted by Gasteiger charge is -2.16. The lowest BCUT2D eigenvalue weighted by molar-refractivity contribution is -0.117. The molecular formula is C21H29ClN2O3. The quantitative estimate of drug-likeness (QED) is 0.634. The highest BCUT2D eigenvalue weighted by molar-refractivity contribution is 5.96. The predicted octanol–water partition coefficient (Wildman–Crippen LogP) is 3.92. The normalized spacial score (nSPS) is 11.6. The topological polar surface area (TPSA) is 73.6 Å². The predicted molar refractivity (Wildman–Crippen MR) is 111 cm³/mol. The number of nitrogens with one attached hydrogen (secondary N) is 1. The van der Waals surface area contributed by atoms with E-state index in [1.165, 1.54) is 0 Å². The van der Waals surface area contributed by atoms with Crippen LogP contribution < -0.4 is 11.1 Å². The number of hydrogen-bond acceptors (Lipinski definition) is 4. The van der Waals surface area contributed by atoms with Gasteiger partial charge in [0, 0.05) is 12.3 Å². The van der Waals surface area contributed by atoms with Crippen LogP contribution in [0.25, 0.3) is 0 Å². The SMILES string of the molecule is CCOCCOCc1cccc(NC(=O)C(N)c2ccc(C)cc2)c1C.Cl. The van der Waals surface area contributed by atoms with Crippen molar-refractivity contribution in [2.75, 3.05) is 25.1 Å². The number of amides is 1. The number of carbonyl (C=O) groups excluding carboxylic acids is 1. The number of nitrogens with two attached hydrogens (primary N) is 1. The number of halogens is 1. The number of rotatable bonds is 9. The first kappa shape index (κ1) is 23.1. The van der Waals surface area contributed by atoms with Crippen LogP contribution >= 0.6 is 12.4 Å². The average molecular weight is 393 g/mol. The van der Waals surface area contributed by atoms with Crippen LogP contribution in [0, 0.1) is 13.8 Å². The van der Waals surface area contributed by atoms with E-state index in [0.717, 1.165) is 27.9 Å². The zero-order chi connectivity index (χ0) is 18.9. The minimum atomic E-state index is -0.707. The molecule has 0 aliphatic carbocycles. The van der Waals surface area contributed by atoms with Gasteiger partial charge in [0.25, 0.3) is 0 Å². The molecule has 27 heavy (non-hydrogen) atoms. The lowest BCUT2D eigenvalue weighted by Crippen LogP contribution is -2.28. The largest absolute Gasteiger partial charge is 0.379 e. The fourth-order valence-electron chi connectivity index (χ4n) is 2.56. The summed E-state index contributed by atoms with van der Waals surface area (Å²) in [7, 11) is 0. The molecule has 0 aliphatic rings. The smallest absolute Gasteiger partial charge is 0.245 e. The van der Waals surface area contributed by atoms with E-state index in [9.17, 15) is 4.79 Å². The molecule has 0 saturated heterocycles. The van der Waals surface area contributed by atoms with Gasteiger partial charge in [0.1, 0.15) is 6.04 Å². The first-order valence-corrected chi connectivity index (χ1v) is 8.90. The Morgan fingerprint density at radius 3 is 2.41 bits per heavy atom. The van der Waals surface area contributed by atoms with Gasteiger partial charge in [-0.2, -0.15) is 0 Å². The maximum absolute atomic E-state index is 12.5. The molecule has 0 aromatic heterocycles. The molecule has 0 radical (unpaired) electrons. The van der Waals surface area contributed by atoms with Crippen molar-refractivity contribution >= 4 is 24.0 Å². The van der Waals surface area contributed by atoms with Crippen molar-refractivity contribution in [3.8, 4) is 0 Å². The van der Waals surface area contributed by atoms with E-state index in [0.29, 0.717) is 26.4 Å². The molecule has 5 nitrogen and oxygen atoms in total. The number of carbonyl (C=O) groups is 1. The Kier molecular flexibility index (Phi) is 10.0. The number of aryl methyl sites for hydroxylation is 1. The highest BCUT2D eigenvalue weighted by Crippen LogP contribution is 2.21. The van der Waals surface area contributed by atoms with E-state index in [-0.39, 0.29) is 18.3 Å². The minimum Gasteiger partial charge on any atom is -0.379 e. The summed E-state index contributed by atoms with van der Waals surface area (Å²) < 4.78 is 10.9. The van der Waals surface area contributed by atoms with Crippen molar-refractivity contribution in [1.82, 2.24) is 0 Å². The van der Waals surface area contributed by atoms with Gasteiger partial charge in [-0.3, -0.25) is 4.79 Å². The Labute approximate surface area is 167 Å². The van der Waals surface area contributed by atoms with Gasteiger partial charge in [0.2, 0.25) is 5.91 Å². The molecule has 0 aliphatic heterocycles. The van der Waals surface area contributed by atoms with Crippen molar-refractivity contribution in [3.63, 3.8) is 0 Å². The summed E-state index contributed by atoms with van der Waals surface area (Å²) in [5.41, 5.74) is 10.8. The summed E-state index contributed by atoms with van der Waals surface area (Å²) in [6.07, 6.45) is 0. The van der Waals surface area contributed by atoms with Crippen LogP contribution in [0.1, 0.15) is 35.2 Å². The third-order valence-corrected chi connectivity index (χ3v) is 4.26. The molecule has 3 N–H and O–H groups in total. The van der Waals surface area contributed by atoms with E-state index in [1.54, 1.807) is 0 Å². The summed E-state index contributed by atoms with van der Waals surface area (Å²) >= 11 is 0. The van der Waals surface area contributed by atoms with Crippen LogP contribution in [0.2, 0.25) is 0 Å². The van der Waals surface area contributed by atoms with E-state index < -0.39 is 6.04 Å². The molecule has 148 valence electrons. The van der Waals surface area contributed by atoms with Crippen LogP contribution in [0.3, 0.4) is 0 Å². The molecule has 6 heteroatoms. The van der Waals surface area contributed by atoms with Gasteiger partial charge < -0.3 is 20.5 Å². The maximum Gasteiger partial charge on any atom is 0.245 e. The third kappa shape index (κ3) is 6.96. The van der Waals surface area contributed by atoms with Gasteiger partial charge in [-0.05, 0) is 43.5 Å². The molecule has 0 saturated carbocycles. The number of ether oxygens (including phenoxy) is 2. The van der Waals surface area contributed by atoms with Gasteiger partial charge in [0.05, 0.1) is 19.8 Å². The molecule has 0 bridgehead atoms. The zero-order valence-electron chi connectivity index (χ0n) is 16.2. The van der Waals surface area contributed by atoms with Crippen molar-refractivity contribution in [1.29, 1.82) is 0 Å². The van der Waals surface area contributed by atoms with Crippen LogP contribution in [0.15, 0.2) is 42.5 Å². The maximum atomic E-state index is 12.5. The van der Waals surface area contributed by atoms with Crippen LogP contribution in [-0.2, 0) is 20.9 Å². The molecule has 2 aromatic rings. The van der Waals surface area contributed by atoms with E-state index in [1.807, 2.05) is 63.2 Å². The van der Waals surface area contributed by atoms with Crippen LogP contribution in [0.4, 0.5) is 5.69 Å². The first-order valence-electron chi connectivity index (χ1n) is 8.90. The van der Waals surface area contributed by atoms with Crippen LogP contribution in [-0.4, -0.2) is 25.7 Å². The van der Waals surface area contributed by atoms with Gasteiger partial charge in [-0.15, -0.1) is 12.4 Å². The zero-order valence-corrected chi connectivity index (χ0v) is 17.0. The second-order valence-electron chi connectivity index (χ2n) is 6.22. The summed E-state index contributed by atoms with van der Waals surface area (Å²) in [5.74, 6) is -0.230. The number of benzene rings is 2. The highest BCUT2D eigenvalue weighted by Gasteiger charge is 2.17. The van der Waals surface area contributed by atoms with Crippen molar-refractivity contribution in [2.45, 2.75) is 33.4 Å². The monoisotopic (exact) mass is 392 g/mol. The fraction of sp³-hybridized carbons (Fsp3) is 0.381. The molecular weight excluding hydrogens is 364 g/mol. The minimum absolute atomic E-state index is 0. The summed E-state index contributed by atoms with van der Waals surface area (Å²) in [5, 5.41) is 2.93. The molecule has 1 atom stereocenters. The van der Waals surface area contributed by atoms with E-state index in [4.69, 9.17) is 15.2 Å². The molecule has 2 aromatic carbocycles. The molecule has 2 rings (SSSR count). The van der Waals surface area contributed by atoms with E-state index >= 15 is 0 Å². The Balaban J connectivity index is 0.00000364. The van der Waals surface area contributed by atoms with Crippen molar-refractivity contribution in [2.24, 2.45) is 5.73 Å². The second-order valence-corrected chi connectivity index (χ2v) is 6.22. The molecule has 1 amide bonds. The standard InChI is InChI=1S/C21H28N2O3.ClH/c1-4-25-12-13-26-14-18-6-5-7-19(16(18)3)23-21(24)20(22)17-10-8-15(2)9-11-17;/h5-11,20H,4,12-14,22H2,1-3H3,(H,23,24);1H. The molecule has 1 unspecified atom stereocenters. The number of anilines is 1. The Morgan fingerprint density at radius 1 is 1.07 bits per heavy atom. The first-order chi connectivity index (χ1) is 12.5. The molecule has 0 heterocycles. The van der Waals surface area contributed by atoms with Gasteiger partial charge >= 0.3 is 0 Å². The van der Waals surface area contributed by atoms with Crippen molar-refractivity contribution < 1.29 is 14.3 Å². The van der Waals surface area contributed by atoms with E-state index in [2.05, 4.69) is 5.32 Å². The molecule has 0 fully saturated rings. The molecule has 0 spiro atoms. The van der Waals surface area contributed by atoms with Gasteiger partial charge in [-0.25, -0.2) is 0 Å². The summed E-state index contributed by atoms with van der Waals surface area (Å²) in [6.45, 7) is 8.21. The summed E-state index contributed by atoms with van der Waals surface area (Å²) in [4.78, 5) is 12.5. The van der Waals surface area contributed by atoms with Gasteiger partial charge in [-0.1, -0.05) is 42.0 Å². The third-order valence-electron chi connectivity index (χ3n) is 4.26. The Morgan fingerprint density at radius 2 is 1.74 bits per heavy atom. The summed E-state index contributed by atoms with van der Waals surface area (Å²) in [6, 6.07) is 12.7. The highest BCUT2D eigenvalue weighted by atomic mass is 35.5. The lowest BCUT2D eigenvalue weighted by atomic mass is 10.0. The fourth-order valence-corrected chi connectivity index (χ4v) is 2.56. The second kappa shape index (κ2) is 11.7. The number of hydrogen-bond donors (Lipinski definition) is 2. The Hall–Kier alpha value is -1.92. The average Bonchev–Trinajstić information content (AvgIpc) is 2.64. The van der Waals surface area contributed by atoms with Gasteiger partial charge in [0.15, 0.2) is 0 Å². The van der Waals surface area contributed by atoms with Crippen molar-refractivity contribution in [3.05, 3.63) is 64.7 Å². The van der Waals surface area contributed by atoms with Crippen LogP contribution in [0.5, 0.6) is 0 Å². The Bertz CT molecular complexity index is 720.